The van der Waals surface area contributed by atoms with Crippen molar-refractivity contribution < 1.29 is 14.3 Å². The number of halogens is 1. The highest BCUT2D eigenvalue weighted by Gasteiger charge is 2.10. The monoisotopic (exact) mass is 337 g/mol. The van der Waals surface area contributed by atoms with Crippen molar-refractivity contribution in [2.24, 2.45) is 0 Å². The van der Waals surface area contributed by atoms with Gasteiger partial charge in [0.25, 0.3) is 0 Å². The van der Waals surface area contributed by atoms with Crippen molar-refractivity contribution in [1.82, 2.24) is 0 Å². The van der Waals surface area contributed by atoms with Crippen molar-refractivity contribution >= 4 is 27.6 Å². The molecule has 0 amide bonds. The van der Waals surface area contributed by atoms with Gasteiger partial charge in [-0.1, -0.05) is 18.2 Å². The second-order valence-corrected chi connectivity index (χ2v) is 5.24. The van der Waals surface area contributed by atoms with Gasteiger partial charge in [-0.25, -0.2) is 0 Å². The molecule has 0 saturated heterocycles. The van der Waals surface area contributed by atoms with Gasteiger partial charge in [-0.05, 0) is 46.6 Å². The van der Waals surface area contributed by atoms with E-state index < -0.39 is 5.97 Å². The van der Waals surface area contributed by atoms with Crippen molar-refractivity contribution in [2.75, 3.05) is 11.4 Å². The highest BCUT2D eigenvalue weighted by Crippen LogP contribution is 2.20. The van der Waals surface area contributed by atoms with Crippen molar-refractivity contribution in [3.05, 3.63) is 52.9 Å². The summed E-state index contributed by atoms with van der Waals surface area (Å²) in [5, 5.41) is 8.75. The third-order valence-electron chi connectivity index (χ3n) is 2.92. The van der Waals surface area contributed by atoms with Crippen LogP contribution in [0.15, 0.2) is 51.6 Å². The topological polar surface area (TPSA) is 53.7 Å². The van der Waals surface area contributed by atoms with Gasteiger partial charge in [0.1, 0.15) is 5.76 Å². The van der Waals surface area contributed by atoms with Crippen LogP contribution < -0.4 is 4.90 Å². The summed E-state index contributed by atoms with van der Waals surface area (Å²) in [6, 6.07) is 13.7. The average Bonchev–Trinajstić information content (AvgIpc) is 2.84. The normalized spacial score (nSPS) is 10.4. The predicted octanol–water partition coefficient (Wildman–Crippen LogP) is 3.91. The van der Waals surface area contributed by atoms with Gasteiger partial charge in [0.2, 0.25) is 0 Å². The number of hydrogen-bond donors (Lipinski definition) is 1. The minimum Gasteiger partial charge on any atom is -0.481 e. The van der Waals surface area contributed by atoms with Gasteiger partial charge in [-0.3, -0.25) is 4.79 Å². The average molecular weight is 338 g/mol. The number of benzene rings is 1. The van der Waals surface area contributed by atoms with Crippen LogP contribution in [0, 0.1) is 0 Å². The molecule has 0 aliphatic heterocycles. The molecule has 0 bridgehead atoms. The van der Waals surface area contributed by atoms with E-state index in [9.17, 15) is 4.79 Å². The first-order chi connectivity index (χ1) is 9.65. The summed E-state index contributed by atoms with van der Waals surface area (Å²) in [6.07, 6.45) is 0.775. The number of rotatable bonds is 7. The zero-order chi connectivity index (χ0) is 14.4. The Labute approximate surface area is 126 Å². The quantitative estimate of drug-likeness (QED) is 0.832. The molecule has 2 aromatic rings. The fourth-order valence-corrected chi connectivity index (χ4v) is 2.32. The molecule has 0 unspecified atom stereocenters. The third kappa shape index (κ3) is 4.42. The van der Waals surface area contributed by atoms with Crippen LogP contribution in [0.25, 0.3) is 0 Å². The first kappa shape index (κ1) is 14.7. The number of carbonyl (C=O) groups is 1. The van der Waals surface area contributed by atoms with Crippen LogP contribution in [0.2, 0.25) is 0 Å². The van der Waals surface area contributed by atoms with Crippen LogP contribution >= 0.6 is 15.9 Å². The van der Waals surface area contributed by atoms with Gasteiger partial charge in [0, 0.05) is 18.7 Å². The standard InChI is InChI=1S/C15H16BrNO3/c16-14-9-8-13(20-14)11-17(10-4-7-15(18)19)12-5-2-1-3-6-12/h1-3,5-6,8-9H,4,7,10-11H2,(H,18,19). The fourth-order valence-electron chi connectivity index (χ4n) is 1.98. The molecule has 1 N–H and O–H groups in total. The maximum Gasteiger partial charge on any atom is 0.303 e. The third-order valence-corrected chi connectivity index (χ3v) is 3.34. The highest BCUT2D eigenvalue weighted by atomic mass is 79.9. The van der Waals surface area contributed by atoms with E-state index in [1.165, 1.54) is 0 Å². The molecular formula is C15H16BrNO3. The van der Waals surface area contributed by atoms with Gasteiger partial charge >= 0.3 is 5.97 Å². The Morgan fingerprint density at radius 2 is 1.95 bits per heavy atom. The van der Waals surface area contributed by atoms with E-state index in [0.29, 0.717) is 24.2 Å². The molecule has 1 aromatic carbocycles. The Balaban J connectivity index is 2.05. The number of nitrogens with zero attached hydrogens (tertiary/aromatic N) is 1. The van der Waals surface area contributed by atoms with Gasteiger partial charge in [0.15, 0.2) is 4.67 Å². The molecule has 2 rings (SSSR count). The molecule has 0 aliphatic carbocycles. The van der Waals surface area contributed by atoms with E-state index in [-0.39, 0.29) is 6.42 Å². The number of hydrogen-bond acceptors (Lipinski definition) is 3. The summed E-state index contributed by atoms with van der Waals surface area (Å²) in [5.74, 6) is 0.0785. The van der Waals surface area contributed by atoms with Crippen LogP contribution in [0.3, 0.4) is 0 Å². The molecular weight excluding hydrogens is 322 g/mol. The molecule has 0 aliphatic rings. The molecule has 1 heterocycles. The van der Waals surface area contributed by atoms with E-state index in [0.717, 1.165) is 11.4 Å². The van der Waals surface area contributed by atoms with Crippen LogP contribution in [0.4, 0.5) is 5.69 Å². The largest absolute Gasteiger partial charge is 0.481 e. The number of carboxylic acid groups (broad SMARTS) is 1. The molecule has 0 spiro atoms. The Bertz CT molecular complexity index is 553. The van der Waals surface area contributed by atoms with Crippen molar-refractivity contribution in [3.8, 4) is 0 Å². The van der Waals surface area contributed by atoms with Gasteiger partial charge in [0.05, 0.1) is 6.54 Å². The molecule has 0 radical (unpaired) electrons. The summed E-state index contributed by atoms with van der Waals surface area (Å²) < 4.78 is 6.22. The Kier molecular flexibility index (Phi) is 5.24. The summed E-state index contributed by atoms with van der Waals surface area (Å²) in [6.45, 7) is 1.30. The molecule has 20 heavy (non-hydrogen) atoms. The maximum atomic E-state index is 10.6. The number of carboxylic acids is 1. The molecule has 5 heteroatoms. The summed E-state index contributed by atoms with van der Waals surface area (Å²) in [4.78, 5) is 12.8. The van der Waals surface area contributed by atoms with Crippen LogP contribution in [0.1, 0.15) is 18.6 Å². The Hall–Kier alpha value is -1.75. The molecule has 0 saturated carbocycles. The molecule has 4 nitrogen and oxygen atoms in total. The lowest BCUT2D eigenvalue weighted by atomic mass is 10.2. The van der Waals surface area contributed by atoms with E-state index in [2.05, 4.69) is 20.8 Å². The van der Waals surface area contributed by atoms with E-state index in [4.69, 9.17) is 9.52 Å². The zero-order valence-corrected chi connectivity index (χ0v) is 12.5. The molecule has 106 valence electrons. The first-order valence-electron chi connectivity index (χ1n) is 6.41. The SMILES string of the molecule is O=C(O)CCCN(Cc1ccc(Br)o1)c1ccccc1. The van der Waals surface area contributed by atoms with Crippen molar-refractivity contribution in [2.45, 2.75) is 19.4 Å². The zero-order valence-electron chi connectivity index (χ0n) is 11.0. The van der Waals surface area contributed by atoms with E-state index >= 15 is 0 Å². The first-order valence-corrected chi connectivity index (χ1v) is 7.20. The summed E-state index contributed by atoms with van der Waals surface area (Å²) >= 11 is 3.29. The number of anilines is 1. The minimum absolute atomic E-state index is 0.172. The summed E-state index contributed by atoms with van der Waals surface area (Å²) in [5.41, 5.74) is 1.06. The second-order valence-electron chi connectivity index (χ2n) is 4.46. The smallest absolute Gasteiger partial charge is 0.303 e. The Morgan fingerprint density at radius 3 is 2.55 bits per heavy atom. The minimum atomic E-state index is -0.765. The van der Waals surface area contributed by atoms with E-state index in [1.54, 1.807) is 0 Å². The van der Waals surface area contributed by atoms with Gasteiger partial charge < -0.3 is 14.4 Å². The van der Waals surface area contributed by atoms with E-state index in [1.807, 2.05) is 42.5 Å². The van der Waals surface area contributed by atoms with Crippen molar-refractivity contribution in [1.29, 1.82) is 0 Å². The molecule has 1 aromatic heterocycles. The lowest BCUT2D eigenvalue weighted by Crippen LogP contribution is -2.24. The molecule has 0 fully saturated rings. The molecule has 0 atom stereocenters. The van der Waals surface area contributed by atoms with Gasteiger partial charge in [-0.15, -0.1) is 0 Å². The highest BCUT2D eigenvalue weighted by molar-refractivity contribution is 9.10. The predicted molar refractivity (Wildman–Crippen MR) is 80.8 cm³/mol. The number of furan rings is 1. The lowest BCUT2D eigenvalue weighted by Gasteiger charge is -2.23. The fraction of sp³-hybridized carbons (Fsp3) is 0.267. The second kappa shape index (κ2) is 7.14. The lowest BCUT2D eigenvalue weighted by molar-refractivity contribution is -0.137. The Morgan fingerprint density at radius 1 is 1.20 bits per heavy atom. The summed E-state index contributed by atoms with van der Waals surface area (Å²) in [7, 11) is 0. The van der Waals surface area contributed by atoms with Crippen LogP contribution in [-0.4, -0.2) is 17.6 Å². The van der Waals surface area contributed by atoms with Crippen molar-refractivity contribution in [3.63, 3.8) is 0 Å². The van der Waals surface area contributed by atoms with Crippen LogP contribution in [-0.2, 0) is 11.3 Å². The number of para-hydroxylation sites is 1. The van der Waals surface area contributed by atoms with Gasteiger partial charge in [-0.2, -0.15) is 0 Å². The number of aliphatic carboxylic acids is 1. The maximum absolute atomic E-state index is 10.6. The van der Waals surface area contributed by atoms with Crippen LogP contribution in [0.5, 0.6) is 0 Å².